The van der Waals surface area contributed by atoms with E-state index in [1.807, 2.05) is 6.92 Å². The summed E-state index contributed by atoms with van der Waals surface area (Å²) in [5.41, 5.74) is 8.01. The molecule has 0 fully saturated rings. The third-order valence-electron chi connectivity index (χ3n) is 3.77. The maximum Gasteiger partial charge on any atom is 0.322 e. The fourth-order valence-corrected chi connectivity index (χ4v) is 2.36. The number of anilines is 1. The number of carbonyl (C=O) groups is 1. The topological polar surface area (TPSA) is 77.2 Å². The Morgan fingerprint density at radius 3 is 3.14 bits per heavy atom. The van der Waals surface area contributed by atoms with E-state index in [1.165, 1.54) is 12.0 Å². The SMILES string of the molecule is CCC(N)C(=O)OCCCCc1ccc2c(n1)NCCC2. The first-order valence-electron chi connectivity index (χ1n) is 7.85. The molecule has 0 amide bonds. The predicted molar refractivity (Wildman–Crippen MR) is 83.2 cm³/mol. The highest BCUT2D eigenvalue weighted by molar-refractivity contribution is 5.75. The zero-order valence-corrected chi connectivity index (χ0v) is 12.7. The predicted octanol–water partition coefficient (Wildman–Crippen LogP) is 2.04. The van der Waals surface area contributed by atoms with Crippen LogP contribution in [0.3, 0.4) is 0 Å². The van der Waals surface area contributed by atoms with Crippen molar-refractivity contribution in [2.75, 3.05) is 18.5 Å². The van der Waals surface area contributed by atoms with Crippen molar-refractivity contribution in [3.63, 3.8) is 0 Å². The number of esters is 1. The van der Waals surface area contributed by atoms with Crippen LogP contribution in [0.15, 0.2) is 12.1 Å². The van der Waals surface area contributed by atoms with Crippen molar-refractivity contribution in [3.8, 4) is 0 Å². The summed E-state index contributed by atoms with van der Waals surface area (Å²) in [7, 11) is 0. The van der Waals surface area contributed by atoms with E-state index < -0.39 is 6.04 Å². The van der Waals surface area contributed by atoms with E-state index in [0.717, 1.165) is 43.7 Å². The number of nitrogens with zero attached hydrogens (tertiary/aromatic N) is 1. The number of ether oxygens (including phenoxy) is 1. The molecule has 0 spiro atoms. The van der Waals surface area contributed by atoms with Crippen LogP contribution in [0.25, 0.3) is 0 Å². The Kier molecular flexibility index (Phi) is 5.99. The minimum absolute atomic E-state index is 0.298. The van der Waals surface area contributed by atoms with Gasteiger partial charge in [-0.3, -0.25) is 4.79 Å². The van der Waals surface area contributed by atoms with Crippen molar-refractivity contribution in [1.29, 1.82) is 0 Å². The molecule has 116 valence electrons. The van der Waals surface area contributed by atoms with Crippen LogP contribution in [-0.2, 0) is 22.4 Å². The van der Waals surface area contributed by atoms with E-state index in [1.54, 1.807) is 0 Å². The van der Waals surface area contributed by atoms with E-state index >= 15 is 0 Å². The van der Waals surface area contributed by atoms with Gasteiger partial charge in [-0.2, -0.15) is 0 Å². The molecule has 2 heterocycles. The van der Waals surface area contributed by atoms with Crippen LogP contribution < -0.4 is 11.1 Å². The van der Waals surface area contributed by atoms with Crippen LogP contribution in [0.4, 0.5) is 5.82 Å². The van der Waals surface area contributed by atoms with Crippen molar-refractivity contribution < 1.29 is 9.53 Å². The van der Waals surface area contributed by atoms with Crippen LogP contribution in [0.5, 0.6) is 0 Å². The highest BCUT2D eigenvalue weighted by atomic mass is 16.5. The van der Waals surface area contributed by atoms with E-state index in [-0.39, 0.29) is 5.97 Å². The Hall–Kier alpha value is -1.62. The number of aromatic nitrogens is 1. The zero-order chi connectivity index (χ0) is 15.1. The molecule has 0 aromatic carbocycles. The molecule has 2 rings (SSSR count). The van der Waals surface area contributed by atoms with Gasteiger partial charge in [0.2, 0.25) is 0 Å². The van der Waals surface area contributed by atoms with Gasteiger partial charge in [-0.05, 0) is 50.2 Å². The molecule has 5 heteroatoms. The van der Waals surface area contributed by atoms with Gasteiger partial charge in [0.25, 0.3) is 0 Å². The Morgan fingerprint density at radius 1 is 1.48 bits per heavy atom. The summed E-state index contributed by atoms with van der Waals surface area (Å²) in [6.07, 6.45) is 5.62. The van der Waals surface area contributed by atoms with E-state index in [4.69, 9.17) is 10.5 Å². The fraction of sp³-hybridized carbons (Fsp3) is 0.625. The number of rotatable bonds is 7. The molecule has 1 aliphatic heterocycles. The smallest absolute Gasteiger partial charge is 0.322 e. The summed E-state index contributed by atoms with van der Waals surface area (Å²) >= 11 is 0. The van der Waals surface area contributed by atoms with Gasteiger partial charge in [-0.1, -0.05) is 13.0 Å². The summed E-state index contributed by atoms with van der Waals surface area (Å²) in [4.78, 5) is 16.0. The van der Waals surface area contributed by atoms with Crippen LogP contribution >= 0.6 is 0 Å². The van der Waals surface area contributed by atoms with E-state index in [9.17, 15) is 4.79 Å². The number of carbonyl (C=O) groups excluding carboxylic acids is 1. The molecule has 0 bridgehead atoms. The third-order valence-corrected chi connectivity index (χ3v) is 3.77. The van der Waals surface area contributed by atoms with Gasteiger partial charge in [0, 0.05) is 12.2 Å². The Balaban J connectivity index is 1.68. The Morgan fingerprint density at radius 2 is 2.33 bits per heavy atom. The maximum absolute atomic E-state index is 11.4. The first kappa shape index (κ1) is 15.8. The largest absolute Gasteiger partial charge is 0.465 e. The molecule has 1 aromatic heterocycles. The first-order valence-corrected chi connectivity index (χ1v) is 7.85. The second-order valence-electron chi connectivity index (χ2n) is 5.48. The van der Waals surface area contributed by atoms with Crippen LogP contribution in [0.1, 0.15) is 43.9 Å². The van der Waals surface area contributed by atoms with Gasteiger partial charge in [0.1, 0.15) is 11.9 Å². The molecular weight excluding hydrogens is 266 g/mol. The van der Waals surface area contributed by atoms with Crippen molar-refractivity contribution in [2.45, 2.75) is 51.5 Å². The normalized spacial score (nSPS) is 15.0. The zero-order valence-electron chi connectivity index (χ0n) is 12.7. The van der Waals surface area contributed by atoms with Gasteiger partial charge in [0.15, 0.2) is 0 Å². The summed E-state index contributed by atoms with van der Waals surface area (Å²) in [6.45, 7) is 3.33. The number of fused-ring (bicyclic) bond motifs is 1. The second kappa shape index (κ2) is 7.98. The van der Waals surface area contributed by atoms with Crippen molar-refractivity contribution in [1.82, 2.24) is 4.98 Å². The average molecular weight is 291 g/mol. The first-order chi connectivity index (χ1) is 10.2. The second-order valence-corrected chi connectivity index (χ2v) is 5.48. The Labute approximate surface area is 126 Å². The van der Waals surface area contributed by atoms with E-state index in [2.05, 4.69) is 22.4 Å². The number of pyridine rings is 1. The summed E-state index contributed by atoms with van der Waals surface area (Å²) in [5, 5.41) is 3.34. The number of aryl methyl sites for hydroxylation is 2. The van der Waals surface area contributed by atoms with Gasteiger partial charge in [-0.15, -0.1) is 0 Å². The fourth-order valence-electron chi connectivity index (χ4n) is 2.36. The molecule has 1 aromatic rings. The van der Waals surface area contributed by atoms with Crippen LogP contribution in [0.2, 0.25) is 0 Å². The van der Waals surface area contributed by atoms with Crippen molar-refractivity contribution in [3.05, 3.63) is 23.4 Å². The van der Waals surface area contributed by atoms with Gasteiger partial charge in [-0.25, -0.2) is 4.98 Å². The Bertz CT molecular complexity index is 477. The number of hydrogen-bond donors (Lipinski definition) is 2. The lowest BCUT2D eigenvalue weighted by Crippen LogP contribution is -2.31. The number of hydrogen-bond acceptors (Lipinski definition) is 5. The highest BCUT2D eigenvalue weighted by Gasteiger charge is 2.12. The lowest BCUT2D eigenvalue weighted by Gasteiger charge is -2.17. The van der Waals surface area contributed by atoms with Crippen LogP contribution in [-0.4, -0.2) is 30.1 Å². The molecule has 21 heavy (non-hydrogen) atoms. The van der Waals surface area contributed by atoms with Gasteiger partial charge in [0.05, 0.1) is 6.61 Å². The molecule has 0 aliphatic carbocycles. The van der Waals surface area contributed by atoms with Crippen molar-refractivity contribution >= 4 is 11.8 Å². The van der Waals surface area contributed by atoms with Crippen LogP contribution in [0, 0.1) is 0 Å². The minimum atomic E-state index is -0.488. The number of nitrogens with two attached hydrogens (primary N) is 1. The molecule has 5 nitrogen and oxygen atoms in total. The molecule has 1 unspecified atom stereocenters. The summed E-state index contributed by atoms with van der Waals surface area (Å²) < 4.78 is 5.13. The standard InChI is InChI=1S/C16H25N3O2/c1-2-14(17)16(20)21-11-4-3-7-13-9-8-12-6-5-10-18-15(12)19-13/h8-9,14H,2-7,10-11,17H2,1H3,(H,18,19). The monoisotopic (exact) mass is 291 g/mol. The lowest BCUT2D eigenvalue weighted by molar-refractivity contribution is -0.145. The van der Waals surface area contributed by atoms with Gasteiger partial charge >= 0.3 is 5.97 Å². The van der Waals surface area contributed by atoms with E-state index in [0.29, 0.717) is 13.0 Å². The molecule has 1 atom stereocenters. The summed E-state index contributed by atoms with van der Waals surface area (Å²) in [5.74, 6) is 0.743. The highest BCUT2D eigenvalue weighted by Crippen LogP contribution is 2.20. The van der Waals surface area contributed by atoms with Crippen molar-refractivity contribution in [2.24, 2.45) is 5.73 Å². The number of unbranched alkanes of at least 4 members (excludes halogenated alkanes) is 1. The number of nitrogens with one attached hydrogen (secondary N) is 1. The van der Waals surface area contributed by atoms with Gasteiger partial charge < -0.3 is 15.8 Å². The molecule has 0 saturated carbocycles. The maximum atomic E-state index is 11.4. The molecular formula is C16H25N3O2. The summed E-state index contributed by atoms with van der Waals surface area (Å²) in [6, 6.07) is 3.79. The molecule has 0 radical (unpaired) electrons. The molecule has 0 saturated heterocycles. The average Bonchev–Trinajstić information content (AvgIpc) is 2.53. The quantitative estimate of drug-likeness (QED) is 0.594. The molecule has 1 aliphatic rings. The minimum Gasteiger partial charge on any atom is -0.465 e. The third kappa shape index (κ3) is 4.70. The lowest BCUT2D eigenvalue weighted by atomic mass is 10.1. The molecule has 3 N–H and O–H groups in total.